The van der Waals surface area contributed by atoms with Crippen LogP contribution in [0.25, 0.3) is 0 Å². The molecule has 19 heavy (non-hydrogen) atoms. The van der Waals surface area contributed by atoms with Gasteiger partial charge < -0.3 is 5.73 Å². The van der Waals surface area contributed by atoms with E-state index >= 15 is 0 Å². The average Bonchev–Trinajstić information content (AvgIpc) is 2.86. The number of hydrogen-bond donors (Lipinski definition) is 2. The molecule has 0 aliphatic carbocycles. The summed E-state index contributed by atoms with van der Waals surface area (Å²) in [6.45, 7) is 0.556. The Balaban J connectivity index is 2.03. The van der Waals surface area contributed by atoms with E-state index in [1.807, 2.05) is 0 Å². The van der Waals surface area contributed by atoms with Crippen molar-refractivity contribution in [1.29, 1.82) is 0 Å². The van der Waals surface area contributed by atoms with Gasteiger partial charge in [0.15, 0.2) is 4.60 Å². The van der Waals surface area contributed by atoms with Crippen molar-refractivity contribution >= 4 is 31.6 Å². The molecular weight excluding hydrogens is 338 g/mol. The normalized spacial score (nSPS) is 11.9. The molecule has 0 unspecified atom stereocenters. The minimum atomic E-state index is -3.67. The molecular formula is C8H12BrN7O2S. The second-order valence-electron chi connectivity index (χ2n) is 3.74. The van der Waals surface area contributed by atoms with Gasteiger partial charge in [-0.05, 0) is 15.9 Å². The largest absolute Gasteiger partial charge is 0.396 e. The van der Waals surface area contributed by atoms with Crippen molar-refractivity contribution in [3.63, 3.8) is 0 Å². The van der Waals surface area contributed by atoms with Gasteiger partial charge in [0.2, 0.25) is 5.03 Å². The van der Waals surface area contributed by atoms with E-state index < -0.39 is 10.0 Å². The minimum Gasteiger partial charge on any atom is -0.396 e. The van der Waals surface area contributed by atoms with Crippen LogP contribution in [-0.2, 0) is 23.6 Å². The van der Waals surface area contributed by atoms with E-state index in [0.717, 1.165) is 0 Å². The second-order valence-corrected chi connectivity index (χ2v) is 6.18. The second kappa shape index (κ2) is 5.27. The molecule has 0 radical (unpaired) electrons. The molecule has 11 heteroatoms. The highest BCUT2D eigenvalue weighted by molar-refractivity contribution is 9.10. The van der Waals surface area contributed by atoms with E-state index in [0.29, 0.717) is 12.2 Å². The van der Waals surface area contributed by atoms with Crippen molar-refractivity contribution in [3.05, 3.63) is 17.0 Å². The van der Waals surface area contributed by atoms with Gasteiger partial charge in [0.25, 0.3) is 10.0 Å². The number of anilines is 1. The quantitative estimate of drug-likeness (QED) is 0.738. The molecule has 2 aromatic heterocycles. The average molecular weight is 350 g/mol. The van der Waals surface area contributed by atoms with E-state index in [2.05, 4.69) is 36.1 Å². The lowest BCUT2D eigenvalue weighted by molar-refractivity contribution is 0.546. The zero-order valence-corrected chi connectivity index (χ0v) is 12.4. The summed E-state index contributed by atoms with van der Waals surface area (Å²) in [4.78, 5) is 0. The van der Waals surface area contributed by atoms with E-state index in [1.54, 1.807) is 10.9 Å². The summed E-state index contributed by atoms with van der Waals surface area (Å²) in [7, 11) is -2.17. The molecule has 3 N–H and O–H groups in total. The molecule has 2 heterocycles. The third kappa shape index (κ3) is 3.11. The van der Waals surface area contributed by atoms with E-state index in [9.17, 15) is 8.42 Å². The predicted molar refractivity (Wildman–Crippen MR) is 70.5 cm³/mol. The Hall–Kier alpha value is -1.46. The maximum absolute atomic E-state index is 12.0. The number of hydrogen-bond acceptors (Lipinski definition) is 6. The van der Waals surface area contributed by atoms with Crippen molar-refractivity contribution < 1.29 is 8.42 Å². The lowest BCUT2D eigenvalue weighted by atomic mass is 10.6. The minimum absolute atomic E-state index is 0.0209. The lowest BCUT2D eigenvalue weighted by Gasteiger charge is -2.06. The smallest absolute Gasteiger partial charge is 0.260 e. The van der Waals surface area contributed by atoms with Crippen LogP contribution in [0, 0.1) is 0 Å². The molecule has 0 fully saturated rings. The maximum Gasteiger partial charge on any atom is 0.260 e. The maximum atomic E-state index is 12.0. The van der Waals surface area contributed by atoms with Gasteiger partial charge in [0.1, 0.15) is 0 Å². The van der Waals surface area contributed by atoms with Crippen LogP contribution >= 0.6 is 15.9 Å². The van der Waals surface area contributed by atoms with Gasteiger partial charge in [0.05, 0.1) is 18.4 Å². The monoisotopic (exact) mass is 349 g/mol. The van der Waals surface area contributed by atoms with Crippen LogP contribution in [0.2, 0.25) is 0 Å². The Kier molecular flexibility index (Phi) is 3.87. The molecule has 0 spiro atoms. The molecule has 0 saturated heterocycles. The number of nitrogens with one attached hydrogen (secondary N) is 1. The first-order valence-corrected chi connectivity index (χ1v) is 7.50. The van der Waals surface area contributed by atoms with Crippen LogP contribution in [0.5, 0.6) is 0 Å². The SMILES string of the molecule is Cn1nnc(Br)c1S(=O)(=O)NCCn1cc(N)cn1. The first-order chi connectivity index (χ1) is 8.90. The summed E-state index contributed by atoms with van der Waals surface area (Å²) in [6, 6.07) is 0. The molecule has 0 bridgehead atoms. The Morgan fingerprint density at radius 3 is 2.79 bits per heavy atom. The molecule has 0 amide bonds. The molecule has 2 aromatic rings. The summed E-state index contributed by atoms with van der Waals surface area (Å²) < 4.78 is 29.4. The third-order valence-electron chi connectivity index (χ3n) is 2.28. The Morgan fingerprint density at radius 1 is 1.53 bits per heavy atom. The fraction of sp³-hybridized carbons (Fsp3) is 0.375. The third-order valence-corrected chi connectivity index (χ3v) is 4.63. The Labute approximate surface area is 118 Å². The first kappa shape index (κ1) is 14.0. The standard InChI is InChI=1S/C8H12BrN7O2S/c1-15-8(7(9)13-14-15)19(17,18)12-2-3-16-5-6(10)4-11-16/h4-5,12H,2-3,10H2,1H3. The summed E-state index contributed by atoms with van der Waals surface area (Å²) in [6.07, 6.45) is 3.12. The van der Waals surface area contributed by atoms with Crippen molar-refractivity contribution in [1.82, 2.24) is 29.5 Å². The molecule has 0 atom stereocenters. The number of rotatable bonds is 5. The van der Waals surface area contributed by atoms with Crippen molar-refractivity contribution in [2.24, 2.45) is 7.05 Å². The first-order valence-electron chi connectivity index (χ1n) is 5.23. The predicted octanol–water partition coefficient (Wildman–Crippen LogP) is -0.665. The summed E-state index contributed by atoms with van der Waals surface area (Å²) in [5.74, 6) is 0. The number of nitrogen functional groups attached to an aromatic ring is 1. The zero-order valence-electron chi connectivity index (χ0n) is 9.99. The van der Waals surface area contributed by atoms with Crippen LogP contribution in [-0.4, -0.2) is 39.7 Å². The number of aromatic nitrogens is 5. The Bertz CT molecular complexity index is 658. The van der Waals surface area contributed by atoms with Crippen molar-refractivity contribution in [3.8, 4) is 0 Å². The van der Waals surface area contributed by atoms with Crippen LogP contribution in [0.4, 0.5) is 5.69 Å². The molecule has 0 aliphatic rings. The van der Waals surface area contributed by atoms with Crippen molar-refractivity contribution in [2.45, 2.75) is 11.6 Å². The van der Waals surface area contributed by atoms with Crippen molar-refractivity contribution in [2.75, 3.05) is 12.3 Å². The summed E-state index contributed by atoms with van der Waals surface area (Å²) >= 11 is 3.05. The number of sulfonamides is 1. The number of halogens is 1. The Morgan fingerprint density at radius 2 is 2.26 bits per heavy atom. The topological polar surface area (TPSA) is 121 Å². The van der Waals surface area contributed by atoms with E-state index in [4.69, 9.17) is 5.73 Å². The fourth-order valence-corrected chi connectivity index (χ4v) is 3.58. The molecule has 9 nitrogen and oxygen atoms in total. The van der Waals surface area contributed by atoms with Gasteiger partial charge in [0, 0.05) is 19.8 Å². The summed E-state index contributed by atoms with van der Waals surface area (Å²) in [5, 5.41) is 11.2. The zero-order chi connectivity index (χ0) is 14.0. The van der Waals surface area contributed by atoms with Crippen LogP contribution in [0.3, 0.4) is 0 Å². The van der Waals surface area contributed by atoms with Gasteiger partial charge >= 0.3 is 0 Å². The highest BCUT2D eigenvalue weighted by atomic mass is 79.9. The number of aryl methyl sites for hydroxylation is 1. The lowest BCUT2D eigenvalue weighted by Crippen LogP contribution is -2.29. The number of nitrogens with zero attached hydrogens (tertiary/aromatic N) is 5. The fourth-order valence-electron chi connectivity index (χ4n) is 1.47. The van der Waals surface area contributed by atoms with Crippen LogP contribution < -0.4 is 10.5 Å². The van der Waals surface area contributed by atoms with Crippen LogP contribution in [0.15, 0.2) is 22.0 Å². The van der Waals surface area contributed by atoms with Crippen LogP contribution in [0.1, 0.15) is 0 Å². The van der Waals surface area contributed by atoms with Gasteiger partial charge in [-0.3, -0.25) is 4.68 Å². The van der Waals surface area contributed by atoms with Gasteiger partial charge in [-0.1, -0.05) is 5.21 Å². The molecule has 0 aromatic carbocycles. The highest BCUT2D eigenvalue weighted by Crippen LogP contribution is 2.17. The van der Waals surface area contributed by atoms with Gasteiger partial charge in [-0.15, -0.1) is 5.10 Å². The summed E-state index contributed by atoms with van der Waals surface area (Å²) in [5.41, 5.74) is 6.03. The highest BCUT2D eigenvalue weighted by Gasteiger charge is 2.23. The van der Waals surface area contributed by atoms with E-state index in [-0.39, 0.29) is 16.2 Å². The van der Waals surface area contributed by atoms with Gasteiger partial charge in [-0.2, -0.15) is 5.10 Å². The molecule has 0 aliphatic heterocycles. The molecule has 104 valence electrons. The molecule has 2 rings (SSSR count). The van der Waals surface area contributed by atoms with Gasteiger partial charge in [-0.25, -0.2) is 17.8 Å². The van der Waals surface area contributed by atoms with E-state index in [1.165, 1.54) is 17.9 Å². The number of nitrogens with two attached hydrogens (primary N) is 1. The molecule has 0 saturated carbocycles.